The zero-order valence-corrected chi connectivity index (χ0v) is 7.49. The van der Waals surface area contributed by atoms with Crippen LogP contribution in [0.15, 0.2) is 30.7 Å². The number of nitrogens with one attached hydrogen (secondary N) is 1. The maximum atomic E-state index is 4.19. The van der Waals surface area contributed by atoms with Gasteiger partial charge in [-0.25, -0.2) is 9.97 Å². The summed E-state index contributed by atoms with van der Waals surface area (Å²) in [6.45, 7) is 2.08. The molecule has 2 rings (SSSR count). The van der Waals surface area contributed by atoms with E-state index in [4.69, 9.17) is 0 Å². The molecule has 2 heterocycles. The molecule has 0 radical (unpaired) electrons. The summed E-state index contributed by atoms with van der Waals surface area (Å²) in [5, 5.41) is 0. The second-order valence-electron chi connectivity index (χ2n) is 2.83. The Morgan fingerprint density at radius 3 is 3.00 bits per heavy atom. The number of rotatable bonds is 2. The van der Waals surface area contributed by atoms with Gasteiger partial charge < -0.3 is 4.98 Å². The van der Waals surface area contributed by atoms with Crippen LogP contribution in [0.2, 0.25) is 0 Å². The van der Waals surface area contributed by atoms with E-state index >= 15 is 0 Å². The third-order valence-corrected chi connectivity index (χ3v) is 1.96. The Morgan fingerprint density at radius 1 is 1.38 bits per heavy atom. The molecule has 3 nitrogen and oxygen atoms in total. The monoisotopic (exact) mass is 173 g/mol. The molecule has 0 bridgehead atoms. The SMILES string of the molecule is CCc1cc(-c2ccc[nH]2)ncn1. The van der Waals surface area contributed by atoms with Crippen LogP contribution < -0.4 is 0 Å². The molecule has 0 spiro atoms. The minimum absolute atomic E-state index is 0.941. The molecule has 0 aliphatic rings. The van der Waals surface area contributed by atoms with Crippen molar-refractivity contribution in [3.05, 3.63) is 36.4 Å². The van der Waals surface area contributed by atoms with Crippen LogP contribution >= 0.6 is 0 Å². The highest BCUT2D eigenvalue weighted by molar-refractivity contribution is 5.53. The van der Waals surface area contributed by atoms with Crippen molar-refractivity contribution in [2.45, 2.75) is 13.3 Å². The summed E-state index contributed by atoms with van der Waals surface area (Å²) in [6.07, 6.45) is 4.44. The summed E-state index contributed by atoms with van der Waals surface area (Å²) >= 11 is 0. The summed E-state index contributed by atoms with van der Waals surface area (Å²) < 4.78 is 0. The van der Waals surface area contributed by atoms with Gasteiger partial charge in [-0.1, -0.05) is 6.92 Å². The lowest BCUT2D eigenvalue weighted by Crippen LogP contribution is -1.90. The number of aromatic amines is 1. The quantitative estimate of drug-likeness (QED) is 0.755. The normalized spacial score (nSPS) is 10.2. The lowest BCUT2D eigenvalue weighted by Gasteiger charge is -1.98. The molecule has 0 unspecified atom stereocenters. The minimum atomic E-state index is 0.941. The molecule has 0 amide bonds. The Labute approximate surface area is 76.9 Å². The van der Waals surface area contributed by atoms with Crippen LogP contribution in [0.5, 0.6) is 0 Å². The molecule has 0 saturated carbocycles. The third-order valence-electron chi connectivity index (χ3n) is 1.96. The van der Waals surface area contributed by atoms with Crippen LogP contribution in [0.4, 0.5) is 0 Å². The average Bonchev–Trinajstić information content (AvgIpc) is 2.71. The van der Waals surface area contributed by atoms with Crippen molar-refractivity contribution in [3.8, 4) is 11.4 Å². The number of hydrogen-bond acceptors (Lipinski definition) is 2. The van der Waals surface area contributed by atoms with E-state index in [0.717, 1.165) is 23.5 Å². The Morgan fingerprint density at radius 2 is 2.31 bits per heavy atom. The highest BCUT2D eigenvalue weighted by atomic mass is 14.9. The van der Waals surface area contributed by atoms with Gasteiger partial charge in [0, 0.05) is 11.9 Å². The first kappa shape index (κ1) is 7.98. The topological polar surface area (TPSA) is 41.6 Å². The second-order valence-corrected chi connectivity index (χ2v) is 2.83. The van der Waals surface area contributed by atoms with Crippen molar-refractivity contribution >= 4 is 0 Å². The number of aryl methyl sites for hydroxylation is 1. The third kappa shape index (κ3) is 1.59. The van der Waals surface area contributed by atoms with E-state index in [0.29, 0.717) is 0 Å². The summed E-state index contributed by atoms with van der Waals surface area (Å²) in [7, 11) is 0. The van der Waals surface area contributed by atoms with Crippen molar-refractivity contribution in [3.63, 3.8) is 0 Å². The van der Waals surface area contributed by atoms with E-state index in [9.17, 15) is 0 Å². The number of hydrogen-bond donors (Lipinski definition) is 1. The lowest BCUT2D eigenvalue weighted by atomic mass is 10.2. The van der Waals surface area contributed by atoms with Crippen LogP contribution in [0, 0.1) is 0 Å². The summed E-state index contributed by atoms with van der Waals surface area (Å²) in [5.74, 6) is 0. The lowest BCUT2D eigenvalue weighted by molar-refractivity contribution is 0.999. The van der Waals surface area contributed by atoms with Crippen molar-refractivity contribution < 1.29 is 0 Å². The molecule has 66 valence electrons. The van der Waals surface area contributed by atoms with Gasteiger partial charge in [-0.05, 0) is 24.6 Å². The zero-order valence-electron chi connectivity index (χ0n) is 7.49. The molecular weight excluding hydrogens is 162 g/mol. The fourth-order valence-electron chi connectivity index (χ4n) is 1.23. The van der Waals surface area contributed by atoms with Crippen molar-refractivity contribution in [2.75, 3.05) is 0 Å². The summed E-state index contributed by atoms with van der Waals surface area (Å²) in [4.78, 5) is 11.4. The van der Waals surface area contributed by atoms with Crippen LogP contribution in [-0.2, 0) is 6.42 Å². The fraction of sp³-hybridized carbons (Fsp3) is 0.200. The highest BCUT2D eigenvalue weighted by Crippen LogP contribution is 2.13. The van der Waals surface area contributed by atoms with Gasteiger partial charge in [-0.3, -0.25) is 0 Å². The first-order chi connectivity index (χ1) is 6.40. The zero-order chi connectivity index (χ0) is 9.10. The van der Waals surface area contributed by atoms with Gasteiger partial charge in [0.15, 0.2) is 0 Å². The van der Waals surface area contributed by atoms with E-state index in [1.165, 1.54) is 0 Å². The Balaban J connectivity index is 2.41. The van der Waals surface area contributed by atoms with Crippen LogP contribution in [-0.4, -0.2) is 15.0 Å². The molecule has 13 heavy (non-hydrogen) atoms. The summed E-state index contributed by atoms with van der Waals surface area (Å²) in [5.41, 5.74) is 3.06. The molecule has 0 saturated heterocycles. The van der Waals surface area contributed by atoms with E-state index in [-0.39, 0.29) is 0 Å². The number of H-pyrrole nitrogens is 1. The standard InChI is InChI=1S/C10H11N3/c1-2-8-6-10(13-7-12-8)9-4-3-5-11-9/h3-7,11H,2H2,1H3. The maximum Gasteiger partial charge on any atom is 0.116 e. The summed E-state index contributed by atoms with van der Waals surface area (Å²) in [6, 6.07) is 5.97. The van der Waals surface area contributed by atoms with E-state index < -0.39 is 0 Å². The van der Waals surface area contributed by atoms with E-state index in [2.05, 4.69) is 21.9 Å². The molecular formula is C10H11N3. The van der Waals surface area contributed by atoms with Gasteiger partial charge in [-0.2, -0.15) is 0 Å². The molecule has 0 aliphatic carbocycles. The van der Waals surface area contributed by atoms with E-state index in [1.807, 2.05) is 24.4 Å². The van der Waals surface area contributed by atoms with Gasteiger partial charge in [0.2, 0.25) is 0 Å². The molecule has 1 N–H and O–H groups in total. The Hall–Kier alpha value is -1.64. The van der Waals surface area contributed by atoms with Gasteiger partial charge in [0.1, 0.15) is 6.33 Å². The molecule has 0 aliphatic heterocycles. The fourth-order valence-corrected chi connectivity index (χ4v) is 1.23. The Bertz CT molecular complexity index is 379. The Kier molecular flexibility index (Phi) is 2.08. The minimum Gasteiger partial charge on any atom is -0.360 e. The maximum absolute atomic E-state index is 4.19. The molecule has 0 fully saturated rings. The van der Waals surface area contributed by atoms with Crippen LogP contribution in [0.1, 0.15) is 12.6 Å². The molecule has 0 atom stereocenters. The number of nitrogens with zero attached hydrogens (tertiary/aromatic N) is 2. The number of aromatic nitrogens is 3. The van der Waals surface area contributed by atoms with E-state index in [1.54, 1.807) is 6.33 Å². The van der Waals surface area contributed by atoms with Gasteiger partial charge >= 0.3 is 0 Å². The first-order valence-corrected chi connectivity index (χ1v) is 4.35. The predicted octanol–water partition coefficient (Wildman–Crippen LogP) is 2.03. The van der Waals surface area contributed by atoms with Gasteiger partial charge in [0.05, 0.1) is 11.4 Å². The highest BCUT2D eigenvalue weighted by Gasteiger charge is 2.00. The van der Waals surface area contributed by atoms with Crippen LogP contribution in [0.3, 0.4) is 0 Å². The van der Waals surface area contributed by atoms with Crippen LogP contribution in [0.25, 0.3) is 11.4 Å². The van der Waals surface area contributed by atoms with Gasteiger partial charge in [-0.15, -0.1) is 0 Å². The second kappa shape index (κ2) is 3.39. The molecule has 0 aromatic carbocycles. The smallest absolute Gasteiger partial charge is 0.116 e. The van der Waals surface area contributed by atoms with Crippen molar-refractivity contribution in [1.82, 2.24) is 15.0 Å². The molecule has 2 aromatic heterocycles. The molecule has 3 heteroatoms. The average molecular weight is 173 g/mol. The molecule has 2 aromatic rings. The largest absolute Gasteiger partial charge is 0.360 e. The van der Waals surface area contributed by atoms with Crippen molar-refractivity contribution in [2.24, 2.45) is 0 Å². The van der Waals surface area contributed by atoms with Gasteiger partial charge in [0.25, 0.3) is 0 Å². The predicted molar refractivity (Wildman–Crippen MR) is 51.2 cm³/mol. The van der Waals surface area contributed by atoms with Crippen molar-refractivity contribution in [1.29, 1.82) is 0 Å². The first-order valence-electron chi connectivity index (χ1n) is 4.35.